The van der Waals surface area contributed by atoms with E-state index < -0.39 is 11.9 Å². The lowest BCUT2D eigenvalue weighted by Gasteiger charge is -2.36. The van der Waals surface area contributed by atoms with Crippen LogP contribution in [0.4, 0.5) is 4.39 Å². The predicted octanol–water partition coefficient (Wildman–Crippen LogP) is 2.49. The van der Waals surface area contributed by atoms with Gasteiger partial charge in [-0.05, 0) is 49.9 Å². The molecular formula is C18H21FN4O2. The summed E-state index contributed by atoms with van der Waals surface area (Å²) in [5.41, 5.74) is 6.36. The Balaban J connectivity index is 1.53. The summed E-state index contributed by atoms with van der Waals surface area (Å²) in [7, 11) is 0. The maximum atomic E-state index is 13.2. The van der Waals surface area contributed by atoms with Crippen molar-refractivity contribution in [3.63, 3.8) is 0 Å². The number of benzene rings is 1. The summed E-state index contributed by atoms with van der Waals surface area (Å²) in [6.07, 6.45) is 4.11. The summed E-state index contributed by atoms with van der Waals surface area (Å²) < 4.78 is 18.6. The van der Waals surface area contributed by atoms with Gasteiger partial charge in [0.1, 0.15) is 11.9 Å². The maximum Gasteiger partial charge on any atom is 0.239 e. The number of aromatic nitrogens is 2. The van der Waals surface area contributed by atoms with Crippen molar-refractivity contribution >= 4 is 5.91 Å². The molecule has 4 rings (SSSR count). The molecule has 1 saturated carbocycles. The Labute approximate surface area is 145 Å². The molecule has 1 aliphatic heterocycles. The normalized spacial score (nSPS) is 22.7. The van der Waals surface area contributed by atoms with E-state index in [1.54, 1.807) is 12.1 Å². The number of likely N-dealkylation sites (tertiary alicyclic amines) is 1. The first-order chi connectivity index (χ1) is 12.1. The van der Waals surface area contributed by atoms with E-state index in [1.807, 2.05) is 4.90 Å². The predicted molar refractivity (Wildman–Crippen MR) is 88.2 cm³/mol. The fourth-order valence-corrected chi connectivity index (χ4v) is 3.56. The molecule has 2 aliphatic rings. The highest BCUT2D eigenvalue weighted by molar-refractivity contribution is 5.81. The first-order valence-corrected chi connectivity index (χ1v) is 8.74. The molecule has 2 N–H and O–H groups in total. The number of hydrogen-bond acceptors (Lipinski definition) is 5. The van der Waals surface area contributed by atoms with Crippen molar-refractivity contribution in [3.8, 4) is 0 Å². The van der Waals surface area contributed by atoms with Crippen LogP contribution in [0.1, 0.15) is 60.8 Å². The first-order valence-electron chi connectivity index (χ1n) is 8.74. The summed E-state index contributed by atoms with van der Waals surface area (Å²) in [4.78, 5) is 18.7. The lowest BCUT2D eigenvalue weighted by Crippen LogP contribution is -2.43. The Bertz CT molecular complexity index is 757. The zero-order valence-electron chi connectivity index (χ0n) is 13.9. The van der Waals surface area contributed by atoms with Gasteiger partial charge >= 0.3 is 0 Å². The van der Waals surface area contributed by atoms with Crippen molar-refractivity contribution in [1.82, 2.24) is 15.0 Å². The summed E-state index contributed by atoms with van der Waals surface area (Å²) in [5.74, 6) is 1.23. The SMILES string of the molecule is NC(=O)[C@@H](c1ccc(F)cc1)N1CCC[C@H](c2noc(C3CC3)n2)C1. The minimum absolute atomic E-state index is 0.118. The van der Waals surface area contributed by atoms with Crippen LogP contribution in [-0.4, -0.2) is 34.0 Å². The third-order valence-corrected chi connectivity index (χ3v) is 5.02. The van der Waals surface area contributed by atoms with E-state index in [0.29, 0.717) is 23.9 Å². The van der Waals surface area contributed by atoms with Crippen molar-refractivity contribution in [2.75, 3.05) is 13.1 Å². The van der Waals surface area contributed by atoms with Crippen LogP contribution in [0.15, 0.2) is 28.8 Å². The molecule has 1 aromatic heterocycles. The quantitative estimate of drug-likeness (QED) is 0.901. The van der Waals surface area contributed by atoms with E-state index >= 15 is 0 Å². The van der Waals surface area contributed by atoms with Crippen LogP contribution in [0, 0.1) is 5.82 Å². The standard InChI is InChI=1S/C18H21FN4O2/c19-14-7-5-11(6-8-14)15(16(20)24)23-9-1-2-13(10-23)17-21-18(25-22-17)12-3-4-12/h5-8,12-13,15H,1-4,9-10H2,(H2,20,24)/t13-,15+/m0/s1. The molecule has 0 bridgehead atoms. The van der Waals surface area contributed by atoms with E-state index in [4.69, 9.17) is 10.3 Å². The van der Waals surface area contributed by atoms with Crippen molar-refractivity contribution in [2.24, 2.45) is 5.73 Å². The van der Waals surface area contributed by atoms with Crippen LogP contribution >= 0.6 is 0 Å². The second-order valence-electron chi connectivity index (χ2n) is 6.96. The largest absolute Gasteiger partial charge is 0.368 e. The Morgan fingerprint density at radius 2 is 2.00 bits per heavy atom. The van der Waals surface area contributed by atoms with Crippen LogP contribution in [0.25, 0.3) is 0 Å². The van der Waals surface area contributed by atoms with Gasteiger partial charge in [-0.3, -0.25) is 9.69 Å². The van der Waals surface area contributed by atoms with Gasteiger partial charge in [0.25, 0.3) is 0 Å². The van der Waals surface area contributed by atoms with Gasteiger partial charge < -0.3 is 10.3 Å². The fraction of sp³-hybridized carbons (Fsp3) is 0.500. The Hall–Kier alpha value is -2.28. The first kappa shape index (κ1) is 16.2. The van der Waals surface area contributed by atoms with Crippen LogP contribution in [0.2, 0.25) is 0 Å². The zero-order valence-corrected chi connectivity index (χ0v) is 13.9. The number of primary amides is 1. The van der Waals surface area contributed by atoms with Gasteiger partial charge in [0.05, 0.1) is 0 Å². The third kappa shape index (κ3) is 3.42. The zero-order chi connectivity index (χ0) is 17.4. The van der Waals surface area contributed by atoms with Gasteiger partial charge in [-0.25, -0.2) is 4.39 Å². The number of carbonyl (C=O) groups excluding carboxylic acids is 1. The molecule has 0 spiro atoms. The topological polar surface area (TPSA) is 85.3 Å². The molecule has 7 heteroatoms. The number of rotatable bonds is 5. The van der Waals surface area contributed by atoms with Crippen molar-refractivity contribution < 1.29 is 13.7 Å². The van der Waals surface area contributed by atoms with Crippen molar-refractivity contribution in [3.05, 3.63) is 47.4 Å². The second kappa shape index (κ2) is 6.55. The minimum atomic E-state index is -0.571. The molecule has 2 aromatic rings. The second-order valence-corrected chi connectivity index (χ2v) is 6.96. The van der Waals surface area contributed by atoms with E-state index in [1.165, 1.54) is 12.1 Å². The monoisotopic (exact) mass is 344 g/mol. The number of carbonyl (C=O) groups is 1. The third-order valence-electron chi connectivity index (χ3n) is 5.02. The Morgan fingerprint density at radius 1 is 1.24 bits per heavy atom. The van der Waals surface area contributed by atoms with Gasteiger partial charge in [0.2, 0.25) is 11.8 Å². The van der Waals surface area contributed by atoms with Crippen LogP contribution in [-0.2, 0) is 4.79 Å². The number of amides is 1. The molecule has 2 heterocycles. The lowest BCUT2D eigenvalue weighted by atomic mass is 9.94. The van der Waals surface area contributed by atoms with E-state index in [2.05, 4.69) is 10.1 Å². The molecule has 132 valence electrons. The number of hydrogen-bond donors (Lipinski definition) is 1. The summed E-state index contributed by atoms with van der Waals surface area (Å²) >= 11 is 0. The van der Waals surface area contributed by atoms with E-state index in [-0.39, 0.29) is 11.7 Å². The molecule has 1 amide bonds. The summed E-state index contributed by atoms with van der Waals surface area (Å²) in [6.45, 7) is 1.39. The maximum absolute atomic E-state index is 13.2. The number of nitrogens with zero attached hydrogens (tertiary/aromatic N) is 3. The molecule has 0 unspecified atom stereocenters. The summed E-state index contributed by atoms with van der Waals surface area (Å²) in [6, 6.07) is 5.38. The van der Waals surface area contributed by atoms with Gasteiger partial charge in [0.15, 0.2) is 5.82 Å². The molecule has 1 aromatic carbocycles. The Morgan fingerprint density at radius 3 is 2.68 bits per heavy atom. The fourth-order valence-electron chi connectivity index (χ4n) is 3.56. The number of nitrogens with two attached hydrogens (primary N) is 1. The molecule has 2 atom stereocenters. The Kier molecular flexibility index (Phi) is 4.25. The molecule has 2 fully saturated rings. The molecule has 6 nitrogen and oxygen atoms in total. The minimum Gasteiger partial charge on any atom is -0.368 e. The number of piperidine rings is 1. The average Bonchev–Trinajstić information content (AvgIpc) is 3.34. The molecular weight excluding hydrogens is 323 g/mol. The lowest BCUT2D eigenvalue weighted by molar-refractivity contribution is -0.124. The average molecular weight is 344 g/mol. The van der Waals surface area contributed by atoms with Gasteiger partial charge in [0, 0.05) is 18.4 Å². The van der Waals surface area contributed by atoms with Crippen LogP contribution < -0.4 is 5.73 Å². The highest BCUT2D eigenvalue weighted by Crippen LogP contribution is 2.40. The number of halogens is 1. The summed E-state index contributed by atoms with van der Waals surface area (Å²) in [5, 5.41) is 4.15. The van der Waals surface area contributed by atoms with Gasteiger partial charge in [-0.1, -0.05) is 17.3 Å². The van der Waals surface area contributed by atoms with Gasteiger partial charge in [-0.15, -0.1) is 0 Å². The highest BCUT2D eigenvalue weighted by Gasteiger charge is 2.35. The molecule has 1 saturated heterocycles. The van der Waals surface area contributed by atoms with E-state index in [9.17, 15) is 9.18 Å². The molecule has 25 heavy (non-hydrogen) atoms. The highest BCUT2D eigenvalue weighted by atomic mass is 19.1. The smallest absolute Gasteiger partial charge is 0.239 e. The van der Waals surface area contributed by atoms with E-state index in [0.717, 1.165) is 38.1 Å². The molecule has 0 radical (unpaired) electrons. The van der Waals surface area contributed by atoms with Gasteiger partial charge in [-0.2, -0.15) is 4.98 Å². The molecule has 1 aliphatic carbocycles. The van der Waals surface area contributed by atoms with Crippen LogP contribution in [0.5, 0.6) is 0 Å². The van der Waals surface area contributed by atoms with Crippen LogP contribution in [0.3, 0.4) is 0 Å². The van der Waals surface area contributed by atoms with Crippen molar-refractivity contribution in [2.45, 2.75) is 43.6 Å². The van der Waals surface area contributed by atoms with Crippen molar-refractivity contribution in [1.29, 1.82) is 0 Å².